The molecule has 1 atom stereocenters. The van der Waals surface area contributed by atoms with E-state index in [1.807, 2.05) is 24.3 Å². The highest BCUT2D eigenvalue weighted by Gasteiger charge is 2.30. The van der Waals surface area contributed by atoms with Crippen molar-refractivity contribution in [3.63, 3.8) is 0 Å². The molecule has 0 bridgehead atoms. The van der Waals surface area contributed by atoms with E-state index < -0.39 is 11.5 Å². The van der Waals surface area contributed by atoms with Gasteiger partial charge in [0.25, 0.3) is 0 Å². The quantitative estimate of drug-likeness (QED) is 0.807. The summed E-state index contributed by atoms with van der Waals surface area (Å²) in [5.41, 5.74) is 11.2. The van der Waals surface area contributed by atoms with E-state index in [0.717, 1.165) is 10.9 Å². The number of aromatic nitrogens is 1. The third-order valence-electron chi connectivity index (χ3n) is 3.14. The Morgan fingerprint density at radius 1 is 1.40 bits per heavy atom. The van der Waals surface area contributed by atoms with Gasteiger partial charge in [-0.1, -0.05) is 18.2 Å². The van der Waals surface area contributed by atoms with Crippen LogP contribution in [0.2, 0.25) is 0 Å². The number of nitrogens with zero attached hydrogens (tertiary/aromatic N) is 1. The van der Waals surface area contributed by atoms with Gasteiger partial charge in [-0.2, -0.15) is 0 Å². The van der Waals surface area contributed by atoms with Crippen molar-refractivity contribution in [1.82, 2.24) is 4.98 Å². The van der Waals surface area contributed by atoms with Gasteiger partial charge in [-0.25, -0.2) is 4.79 Å². The van der Waals surface area contributed by atoms with Gasteiger partial charge in [0.2, 0.25) is 0 Å². The Labute approximate surface area is 117 Å². The lowest BCUT2D eigenvalue weighted by atomic mass is 9.97. The van der Waals surface area contributed by atoms with E-state index >= 15 is 0 Å². The van der Waals surface area contributed by atoms with Crippen molar-refractivity contribution in [3.8, 4) is 5.75 Å². The molecule has 2 rings (SSSR count). The molecular weight excluding hydrogens is 254 g/mol. The Morgan fingerprint density at radius 3 is 2.90 bits per heavy atom. The summed E-state index contributed by atoms with van der Waals surface area (Å²) < 4.78 is 5.32. The van der Waals surface area contributed by atoms with Crippen molar-refractivity contribution in [2.75, 3.05) is 6.54 Å². The van der Waals surface area contributed by atoms with Gasteiger partial charge >= 0.3 is 5.97 Å². The number of pyridine rings is 1. The Hall–Kier alpha value is -1.98. The monoisotopic (exact) mass is 273 g/mol. The van der Waals surface area contributed by atoms with Crippen molar-refractivity contribution in [2.45, 2.75) is 25.3 Å². The third kappa shape index (κ3) is 3.31. The summed E-state index contributed by atoms with van der Waals surface area (Å²) in [7, 11) is 0. The fourth-order valence-electron chi connectivity index (χ4n) is 1.90. The number of esters is 1. The zero-order chi connectivity index (χ0) is 14.6. The van der Waals surface area contributed by atoms with Crippen LogP contribution in [0.1, 0.15) is 19.8 Å². The van der Waals surface area contributed by atoms with Gasteiger partial charge in [-0.15, -0.1) is 0 Å². The Morgan fingerprint density at radius 2 is 2.15 bits per heavy atom. The fraction of sp³-hybridized carbons (Fsp3) is 0.333. The van der Waals surface area contributed by atoms with Gasteiger partial charge in [0.15, 0.2) is 0 Å². The van der Waals surface area contributed by atoms with Gasteiger partial charge in [-0.3, -0.25) is 4.98 Å². The summed E-state index contributed by atoms with van der Waals surface area (Å²) in [5, 5.41) is 0.915. The van der Waals surface area contributed by atoms with Crippen LogP contribution in [0.25, 0.3) is 10.9 Å². The molecule has 0 aliphatic carbocycles. The smallest absolute Gasteiger partial charge is 0.331 e. The summed E-state index contributed by atoms with van der Waals surface area (Å²) in [6, 6.07) is 9.40. The minimum Gasteiger partial charge on any atom is -0.423 e. The zero-order valence-electron chi connectivity index (χ0n) is 11.5. The molecule has 5 nitrogen and oxygen atoms in total. The lowest BCUT2D eigenvalue weighted by Gasteiger charge is -2.21. The maximum absolute atomic E-state index is 12.1. The van der Waals surface area contributed by atoms with E-state index in [0.29, 0.717) is 25.1 Å². The molecule has 4 N–H and O–H groups in total. The Kier molecular flexibility index (Phi) is 4.32. The predicted octanol–water partition coefficient (Wildman–Crippen LogP) is 1.60. The highest BCUT2D eigenvalue weighted by Crippen LogP contribution is 2.20. The van der Waals surface area contributed by atoms with E-state index in [9.17, 15) is 4.79 Å². The van der Waals surface area contributed by atoms with Crippen LogP contribution >= 0.6 is 0 Å². The number of para-hydroxylation sites is 1. The Bertz CT molecular complexity index is 611. The first-order chi connectivity index (χ1) is 9.53. The predicted molar refractivity (Wildman–Crippen MR) is 78.3 cm³/mol. The largest absolute Gasteiger partial charge is 0.423 e. The molecule has 106 valence electrons. The lowest BCUT2D eigenvalue weighted by Crippen LogP contribution is -2.47. The molecule has 0 saturated heterocycles. The van der Waals surface area contributed by atoms with Crippen LogP contribution < -0.4 is 16.2 Å². The second-order valence-electron chi connectivity index (χ2n) is 5.06. The molecule has 0 saturated carbocycles. The van der Waals surface area contributed by atoms with Crippen molar-refractivity contribution in [3.05, 3.63) is 36.5 Å². The van der Waals surface area contributed by atoms with Crippen LogP contribution in [0, 0.1) is 0 Å². The number of rotatable bonds is 5. The molecule has 0 amide bonds. The lowest BCUT2D eigenvalue weighted by molar-refractivity contribution is -0.140. The maximum atomic E-state index is 12.1. The van der Waals surface area contributed by atoms with Gasteiger partial charge < -0.3 is 16.2 Å². The summed E-state index contributed by atoms with van der Waals surface area (Å²) in [6.45, 7) is 2.15. The van der Waals surface area contributed by atoms with Crippen molar-refractivity contribution in [2.24, 2.45) is 11.5 Å². The number of fused-ring (bicyclic) bond motifs is 1. The summed E-state index contributed by atoms with van der Waals surface area (Å²) >= 11 is 0. The SMILES string of the molecule is C[C@](N)(CCCN)C(=O)Oc1cnc2ccccc2c1. The number of benzene rings is 1. The van der Waals surface area contributed by atoms with Crippen LogP contribution in [0.3, 0.4) is 0 Å². The highest BCUT2D eigenvalue weighted by atomic mass is 16.5. The van der Waals surface area contributed by atoms with Gasteiger partial charge in [0.1, 0.15) is 11.3 Å². The molecule has 0 unspecified atom stereocenters. The van der Waals surface area contributed by atoms with Gasteiger partial charge in [-0.05, 0) is 38.4 Å². The first-order valence-corrected chi connectivity index (χ1v) is 6.59. The van der Waals surface area contributed by atoms with Crippen molar-refractivity contribution in [1.29, 1.82) is 0 Å². The van der Waals surface area contributed by atoms with Gasteiger partial charge in [0, 0.05) is 5.39 Å². The second-order valence-corrected chi connectivity index (χ2v) is 5.06. The zero-order valence-corrected chi connectivity index (χ0v) is 11.5. The minimum absolute atomic E-state index is 0.401. The molecule has 0 fully saturated rings. The third-order valence-corrected chi connectivity index (χ3v) is 3.14. The van der Waals surface area contributed by atoms with E-state index in [4.69, 9.17) is 16.2 Å². The highest BCUT2D eigenvalue weighted by molar-refractivity contribution is 5.84. The van der Waals surface area contributed by atoms with E-state index in [1.54, 1.807) is 13.0 Å². The molecule has 0 aliphatic rings. The molecule has 1 aromatic carbocycles. The van der Waals surface area contributed by atoms with Gasteiger partial charge in [0.05, 0.1) is 11.7 Å². The molecule has 20 heavy (non-hydrogen) atoms. The Balaban J connectivity index is 2.13. The van der Waals surface area contributed by atoms with Crippen LogP contribution in [0.5, 0.6) is 5.75 Å². The van der Waals surface area contributed by atoms with Crippen LogP contribution in [0.15, 0.2) is 36.5 Å². The molecule has 0 aliphatic heterocycles. The average Bonchev–Trinajstić information content (AvgIpc) is 2.45. The van der Waals surface area contributed by atoms with Crippen LogP contribution in [-0.2, 0) is 4.79 Å². The number of carbonyl (C=O) groups is 1. The van der Waals surface area contributed by atoms with Crippen molar-refractivity contribution >= 4 is 16.9 Å². The standard InChI is InChI=1S/C15H19N3O2/c1-15(17,7-4-8-16)14(19)20-12-9-11-5-2-3-6-13(11)18-10-12/h2-3,5-6,9-10H,4,7-8,16-17H2,1H3/t15-/m0/s1. The minimum atomic E-state index is -1.04. The number of hydrogen-bond donors (Lipinski definition) is 2. The maximum Gasteiger partial charge on any atom is 0.331 e. The molecule has 1 aromatic heterocycles. The first-order valence-electron chi connectivity index (χ1n) is 6.59. The summed E-state index contributed by atoms with van der Waals surface area (Å²) in [4.78, 5) is 16.3. The van der Waals surface area contributed by atoms with Crippen molar-refractivity contribution < 1.29 is 9.53 Å². The molecule has 0 radical (unpaired) electrons. The number of nitrogens with two attached hydrogens (primary N) is 2. The van der Waals surface area contributed by atoms with Crippen LogP contribution in [0.4, 0.5) is 0 Å². The van der Waals surface area contributed by atoms with E-state index in [2.05, 4.69) is 4.98 Å². The number of carbonyl (C=O) groups excluding carboxylic acids is 1. The van der Waals surface area contributed by atoms with E-state index in [-0.39, 0.29) is 0 Å². The second kappa shape index (κ2) is 5.98. The summed E-state index contributed by atoms with van der Waals surface area (Å²) in [6.07, 6.45) is 2.70. The molecule has 0 spiro atoms. The topological polar surface area (TPSA) is 91.2 Å². The van der Waals surface area contributed by atoms with E-state index in [1.165, 1.54) is 6.20 Å². The molecule has 5 heteroatoms. The fourth-order valence-corrected chi connectivity index (χ4v) is 1.90. The molecule has 1 heterocycles. The van der Waals surface area contributed by atoms with Crippen LogP contribution in [-0.4, -0.2) is 23.0 Å². The first kappa shape index (κ1) is 14.4. The number of hydrogen-bond acceptors (Lipinski definition) is 5. The summed E-state index contributed by atoms with van der Waals surface area (Å²) in [5.74, 6) is -0.0684. The molecular formula is C15H19N3O2. The average molecular weight is 273 g/mol. The normalized spacial score (nSPS) is 13.9. The molecule has 2 aromatic rings. The number of ether oxygens (including phenoxy) is 1.